The van der Waals surface area contributed by atoms with Crippen molar-refractivity contribution in [3.05, 3.63) is 62.7 Å². The molecule has 5 nitrogen and oxygen atoms in total. The first-order valence-electron chi connectivity index (χ1n) is 5.60. The Kier molecular flexibility index (Phi) is 2.76. The normalized spacial score (nSPS) is 13.0. The number of hydrogen-bond donors (Lipinski definition) is 0. The van der Waals surface area contributed by atoms with Gasteiger partial charge in [-0.05, 0) is 29.3 Å². The predicted molar refractivity (Wildman–Crippen MR) is 71.7 cm³/mol. The van der Waals surface area contributed by atoms with Gasteiger partial charge in [0.25, 0.3) is 5.69 Å². The van der Waals surface area contributed by atoms with Gasteiger partial charge < -0.3 is 0 Å². The van der Waals surface area contributed by atoms with Gasteiger partial charge in [-0.25, -0.2) is 9.97 Å². The molecular formula is C13H8ClN3O2. The zero-order valence-corrected chi connectivity index (χ0v) is 10.5. The van der Waals surface area contributed by atoms with Gasteiger partial charge in [0.15, 0.2) is 0 Å². The lowest BCUT2D eigenvalue weighted by atomic mass is 10.0. The number of halogens is 1. The molecular weight excluding hydrogens is 266 g/mol. The summed E-state index contributed by atoms with van der Waals surface area (Å²) < 4.78 is 0. The van der Waals surface area contributed by atoms with E-state index >= 15 is 0 Å². The van der Waals surface area contributed by atoms with Crippen LogP contribution in [0.15, 0.2) is 30.6 Å². The van der Waals surface area contributed by atoms with E-state index in [4.69, 9.17) is 11.6 Å². The Hall–Kier alpha value is -2.27. The minimum atomic E-state index is -0.413. The van der Waals surface area contributed by atoms with Crippen LogP contribution in [0.5, 0.6) is 0 Å². The first-order valence-corrected chi connectivity index (χ1v) is 5.98. The number of benzene rings is 1. The summed E-state index contributed by atoms with van der Waals surface area (Å²) in [6, 6.07) is 6.45. The van der Waals surface area contributed by atoms with Gasteiger partial charge in [-0.2, -0.15) is 0 Å². The standard InChI is InChI=1S/C13H8ClN3O2/c14-13-11-5-9(6-12(11)15-7-16-13)8-1-3-10(4-2-8)17(18)19/h1-5,7H,6H2. The number of aromatic nitrogens is 2. The van der Waals surface area contributed by atoms with E-state index < -0.39 is 4.92 Å². The fourth-order valence-electron chi connectivity index (χ4n) is 2.08. The van der Waals surface area contributed by atoms with Crippen LogP contribution in [0.25, 0.3) is 11.6 Å². The van der Waals surface area contributed by atoms with Gasteiger partial charge in [0, 0.05) is 24.1 Å². The largest absolute Gasteiger partial charge is 0.269 e. The number of allylic oxidation sites excluding steroid dienone is 1. The van der Waals surface area contributed by atoms with E-state index in [2.05, 4.69) is 9.97 Å². The Morgan fingerprint density at radius 1 is 1.21 bits per heavy atom. The van der Waals surface area contributed by atoms with Gasteiger partial charge in [0.2, 0.25) is 0 Å². The number of non-ortho nitro benzene ring substituents is 1. The van der Waals surface area contributed by atoms with E-state index in [1.165, 1.54) is 18.5 Å². The minimum Gasteiger partial charge on any atom is -0.258 e. The van der Waals surface area contributed by atoms with E-state index in [1.807, 2.05) is 6.08 Å². The van der Waals surface area contributed by atoms with Crippen molar-refractivity contribution >= 4 is 28.9 Å². The Bertz CT molecular complexity index is 696. The Balaban J connectivity index is 1.96. The molecule has 0 N–H and O–H groups in total. The van der Waals surface area contributed by atoms with Crippen LogP contribution in [0.4, 0.5) is 5.69 Å². The predicted octanol–water partition coefficient (Wildman–Crippen LogP) is 3.13. The lowest BCUT2D eigenvalue weighted by Gasteiger charge is -2.01. The summed E-state index contributed by atoms with van der Waals surface area (Å²) in [6.45, 7) is 0. The summed E-state index contributed by atoms with van der Waals surface area (Å²) in [5.41, 5.74) is 3.76. The molecule has 0 saturated heterocycles. The van der Waals surface area contributed by atoms with Gasteiger partial charge in [-0.3, -0.25) is 10.1 Å². The maximum absolute atomic E-state index is 10.6. The molecule has 0 saturated carbocycles. The number of nitro groups is 1. The Labute approximate surface area is 113 Å². The van der Waals surface area contributed by atoms with Crippen LogP contribution >= 0.6 is 11.6 Å². The summed E-state index contributed by atoms with van der Waals surface area (Å²) >= 11 is 6.00. The molecule has 1 aliphatic rings. The lowest BCUT2D eigenvalue weighted by molar-refractivity contribution is -0.384. The minimum absolute atomic E-state index is 0.0812. The van der Waals surface area contributed by atoms with Crippen molar-refractivity contribution in [2.24, 2.45) is 0 Å². The zero-order valence-electron chi connectivity index (χ0n) is 9.71. The summed E-state index contributed by atoms with van der Waals surface area (Å²) in [4.78, 5) is 18.3. The van der Waals surface area contributed by atoms with Crippen molar-refractivity contribution in [2.75, 3.05) is 0 Å². The molecule has 1 aromatic carbocycles. The quantitative estimate of drug-likeness (QED) is 0.479. The fourth-order valence-corrected chi connectivity index (χ4v) is 2.29. The number of nitrogens with zero attached hydrogens (tertiary/aromatic N) is 3. The first kappa shape index (κ1) is 11.8. The fraction of sp³-hybridized carbons (Fsp3) is 0.0769. The molecule has 0 fully saturated rings. The molecule has 0 bridgehead atoms. The second-order valence-corrected chi connectivity index (χ2v) is 4.53. The average Bonchev–Trinajstić information content (AvgIpc) is 2.84. The van der Waals surface area contributed by atoms with Crippen LogP contribution in [0.1, 0.15) is 16.8 Å². The molecule has 0 spiro atoms. The molecule has 0 unspecified atom stereocenters. The average molecular weight is 274 g/mol. The summed E-state index contributed by atoms with van der Waals surface area (Å²) in [5, 5.41) is 11.0. The van der Waals surface area contributed by atoms with Gasteiger partial charge in [-0.15, -0.1) is 0 Å². The van der Waals surface area contributed by atoms with Crippen molar-refractivity contribution in [1.82, 2.24) is 9.97 Å². The second kappa shape index (κ2) is 4.44. The van der Waals surface area contributed by atoms with Crippen molar-refractivity contribution in [1.29, 1.82) is 0 Å². The molecule has 6 heteroatoms. The van der Waals surface area contributed by atoms with E-state index in [0.29, 0.717) is 11.6 Å². The highest BCUT2D eigenvalue weighted by Gasteiger charge is 2.18. The van der Waals surface area contributed by atoms with Crippen molar-refractivity contribution in [2.45, 2.75) is 6.42 Å². The molecule has 19 heavy (non-hydrogen) atoms. The van der Waals surface area contributed by atoms with Crippen LogP contribution in [-0.2, 0) is 6.42 Å². The highest BCUT2D eigenvalue weighted by Crippen LogP contribution is 2.33. The molecule has 1 aromatic heterocycles. The van der Waals surface area contributed by atoms with E-state index in [0.717, 1.165) is 22.4 Å². The SMILES string of the molecule is O=[N+]([O-])c1ccc(C2=Cc3c(Cl)ncnc3C2)cc1. The van der Waals surface area contributed by atoms with Crippen molar-refractivity contribution in [3.8, 4) is 0 Å². The second-order valence-electron chi connectivity index (χ2n) is 4.18. The van der Waals surface area contributed by atoms with E-state index in [-0.39, 0.29) is 5.69 Å². The third-order valence-electron chi connectivity index (χ3n) is 3.04. The van der Waals surface area contributed by atoms with Crippen molar-refractivity contribution < 1.29 is 4.92 Å². The zero-order chi connectivity index (χ0) is 13.4. The third-order valence-corrected chi connectivity index (χ3v) is 3.34. The monoisotopic (exact) mass is 273 g/mol. The molecule has 94 valence electrons. The van der Waals surface area contributed by atoms with E-state index in [9.17, 15) is 10.1 Å². The highest BCUT2D eigenvalue weighted by molar-refractivity contribution is 6.31. The smallest absolute Gasteiger partial charge is 0.258 e. The summed E-state index contributed by atoms with van der Waals surface area (Å²) in [5.74, 6) is 0. The molecule has 0 radical (unpaired) electrons. The summed E-state index contributed by atoms with van der Waals surface area (Å²) in [7, 11) is 0. The molecule has 1 heterocycles. The van der Waals surface area contributed by atoms with Crippen LogP contribution < -0.4 is 0 Å². The highest BCUT2D eigenvalue weighted by atomic mass is 35.5. The molecule has 1 aliphatic carbocycles. The number of rotatable bonds is 2. The van der Waals surface area contributed by atoms with Crippen LogP contribution in [0.3, 0.4) is 0 Å². The summed E-state index contributed by atoms with van der Waals surface area (Å²) in [6.07, 6.45) is 4.03. The molecule has 0 aliphatic heterocycles. The van der Waals surface area contributed by atoms with Gasteiger partial charge in [0.1, 0.15) is 11.5 Å². The van der Waals surface area contributed by atoms with Gasteiger partial charge >= 0.3 is 0 Å². The maximum atomic E-state index is 10.6. The topological polar surface area (TPSA) is 68.9 Å². The molecule has 0 atom stereocenters. The maximum Gasteiger partial charge on any atom is 0.269 e. The third kappa shape index (κ3) is 2.08. The molecule has 0 amide bonds. The Morgan fingerprint density at radius 2 is 1.95 bits per heavy atom. The molecule has 3 rings (SSSR count). The molecule has 2 aromatic rings. The number of nitro benzene ring substituents is 1. The van der Waals surface area contributed by atoms with Gasteiger partial charge in [-0.1, -0.05) is 11.6 Å². The van der Waals surface area contributed by atoms with Crippen LogP contribution in [0, 0.1) is 10.1 Å². The van der Waals surface area contributed by atoms with Gasteiger partial charge in [0.05, 0.1) is 10.6 Å². The number of hydrogen-bond acceptors (Lipinski definition) is 4. The Morgan fingerprint density at radius 3 is 2.58 bits per heavy atom. The van der Waals surface area contributed by atoms with E-state index in [1.54, 1.807) is 12.1 Å². The van der Waals surface area contributed by atoms with Crippen molar-refractivity contribution in [3.63, 3.8) is 0 Å². The number of fused-ring (bicyclic) bond motifs is 1. The first-order chi connectivity index (χ1) is 9.15. The lowest BCUT2D eigenvalue weighted by Crippen LogP contribution is -1.92. The van der Waals surface area contributed by atoms with Crippen LogP contribution in [-0.4, -0.2) is 14.9 Å². The van der Waals surface area contributed by atoms with Crippen LogP contribution in [0.2, 0.25) is 5.15 Å².